The number of nitrogens with one attached hydrogen (secondary N) is 1. The van der Waals surface area contributed by atoms with Gasteiger partial charge in [0.25, 0.3) is 5.56 Å². The Morgan fingerprint density at radius 3 is 2.50 bits per heavy atom. The summed E-state index contributed by atoms with van der Waals surface area (Å²) in [7, 11) is 0. The van der Waals surface area contributed by atoms with Crippen LogP contribution in [-0.2, 0) is 11.3 Å². The van der Waals surface area contributed by atoms with Crippen LogP contribution in [0.15, 0.2) is 58.5 Å². The molecule has 1 N–H and O–H groups in total. The molecule has 0 fully saturated rings. The summed E-state index contributed by atoms with van der Waals surface area (Å²) in [6, 6.07) is 14.0. The Hall–Kier alpha value is -2.93. The van der Waals surface area contributed by atoms with Gasteiger partial charge in [-0.25, -0.2) is 4.98 Å². The highest BCUT2D eigenvalue weighted by atomic mass is 32.2. The Balaban J connectivity index is 1.80. The minimum Gasteiger partial charge on any atom is -0.326 e. The summed E-state index contributed by atoms with van der Waals surface area (Å²) in [6.07, 6.45) is 0.798. The molecular formula is C21H21N3O3S. The molecule has 0 aliphatic carbocycles. The van der Waals surface area contributed by atoms with E-state index in [-0.39, 0.29) is 23.0 Å². The lowest BCUT2D eigenvalue weighted by Gasteiger charge is -2.12. The van der Waals surface area contributed by atoms with Gasteiger partial charge in [-0.1, -0.05) is 30.8 Å². The number of aromatic nitrogens is 2. The van der Waals surface area contributed by atoms with Gasteiger partial charge in [0.2, 0.25) is 5.91 Å². The maximum atomic E-state index is 12.8. The zero-order valence-electron chi connectivity index (χ0n) is 15.8. The topological polar surface area (TPSA) is 81.1 Å². The molecule has 1 amide bonds. The van der Waals surface area contributed by atoms with Crippen molar-refractivity contribution in [1.29, 1.82) is 0 Å². The lowest BCUT2D eigenvalue weighted by Crippen LogP contribution is -2.23. The summed E-state index contributed by atoms with van der Waals surface area (Å²) >= 11 is 1.27. The number of rotatable bonds is 7. The fourth-order valence-electron chi connectivity index (χ4n) is 2.83. The zero-order chi connectivity index (χ0) is 20.1. The Morgan fingerprint density at radius 2 is 1.82 bits per heavy atom. The summed E-state index contributed by atoms with van der Waals surface area (Å²) in [5, 5.41) is 3.80. The van der Waals surface area contributed by atoms with Crippen LogP contribution in [0.3, 0.4) is 0 Å². The van der Waals surface area contributed by atoms with Gasteiger partial charge in [-0.2, -0.15) is 0 Å². The average molecular weight is 395 g/mol. The predicted octanol–water partition coefficient (Wildman–Crippen LogP) is 3.74. The highest BCUT2D eigenvalue weighted by molar-refractivity contribution is 7.99. The van der Waals surface area contributed by atoms with Crippen LogP contribution < -0.4 is 10.9 Å². The molecule has 0 saturated carbocycles. The van der Waals surface area contributed by atoms with Crippen LogP contribution in [0.4, 0.5) is 5.69 Å². The molecule has 3 rings (SSSR count). The smallest absolute Gasteiger partial charge is 0.262 e. The third kappa shape index (κ3) is 4.48. The lowest BCUT2D eigenvalue weighted by atomic mass is 10.1. The molecule has 0 radical (unpaired) electrons. The normalized spacial score (nSPS) is 10.8. The van der Waals surface area contributed by atoms with E-state index in [0.29, 0.717) is 33.9 Å². The number of fused-ring (bicyclic) bond motifs is 1. The third-order valence-corrected chi connectivity index (χ3v) is 5.11. The number of benzene rings is 2. The van der Waals surface area contributed by atoms with E-state index in [1.165, 1.54) is 18.7 Å². The fourth-order valence-corrected chi connectivity index (χ4v) is 3.75. The Labute approximate surface area is 167 Å². The van der Waals surface area contributed by atoms with E-state index in [2.05, 4.69) is 10.3 Å². The highest BCUT2D eigenvalue weighted by Gasteiger charge is 2.14. The van der Waals surface area contributed by atoms with Crippen LogP contribution in [0.25, 0.3) is 10.9 Å². The van der Waals surface area contributed by atoms with Crippen molar-refractivity contribution in [3.05, 3.63) is 64.4 Å². The number of hydrogen-bond donors (Lipinski definition) is 1. The van der Waals surface area contributed by atoms with E-state index in [9.17, 15) is 14.4 Å². The molecule has 0 unspecified atom stereocenters. The molecule has 28 heavy (non-hydrogen) atoms. The predicted molar refractivity (Wildman–Crippen MR) is 112 cm³/mol. The molecule has 0 aliphatic heterocycles. The molecule has 3 aromatic rings. The first-order valence-electron chi connectivity index (χ1n) is 9.03. The molecule has 0 saturated heterocycles. The van der Waals surface area contributed by atoms with Crippen molar-refractivity contribution in [1.82, 2.24) is 9.55 Å². The largest absolute Gasteiger partial charge is 0.326 e. The standard InChI is InChI=1S/C21H21N3O3S/c1-3-12-24-20(27)17-6-4-5-7-18(17)23-21(24)28-13-19(26)15-8-10-16(11-9-15)22-14(2)25/h4-11H,3,12-13H2,1-2H3,(H,22,25). The van der Waals surface area contributed by atoms with Gasteiger partial charge in [0.05, 0.1) is 16.7 Å². The molecule has 7 heteroatoms. The van der Waals surface area contributed by atoms with Crippen LogP contribution >= 0.6 is 11.8 Å². The van der Waals surface area contributed by atoms with Gasteiger partial charge >= 0.3 is 0 Å². The summed E-state index contributed by atoms with van der Waals surface area (Å²) in [4.78, 5) is 41.0. The second kappa shape index (κ2) is 8.84. The first-order chi connectivity index (χ1) is 13.5. The van der Waals surface area contributed by atoms with Gasteiger partial charge in [-0.05, 0) is 42.8 Å². The van der Waals surface area contributed by atoms with Crippen LogP contribution in [0, 0.1) is 0 Å². The van der Waals surface area contributed by atoms with Crippen molar-refractivity contribution in [3.8, 4) is 0 Å². The minimum absolute atomic E-state index is 0.0650. The quantitative estimate of drug-likeness (QED) is 0.374. The number of hydrogen-bond acceptors (Lipinski definition) is 5. The number of thioether (sulfide) groups is 1. The summed E-state index contributed by atoms with van der Waals surface area (Å²) in [6.45, 7) is 3.98. The minimum atomic E-state index is -0.161. The molecule has 0 bridgehead atoms. The van der Waals surface area contributed by atoms with E-state index in [1.807, 2.05) is 19.1 Å². The Kier molecular flexibility index (Phi) is 6.26. The lowest BCUT2D eigenvalue weighted by molar-refractivity contribution is -0.114. The van der Waals surface area contributed by atoms with Crippen molar-refractivity contribution in [2.45, 2.75) is 32.0 Å². The number of ketones is 1. The van der Waals surface area contributed by atoms with E-state index in [1.54, 1.807) is 41.0 Å². The molecule has 1 aromatic heterocycles. The van der Waals surface area contributed by atoms with Crippen molar-refractivity contribution < 1.29 is 9.59 Å². The second-order valence-electron chi connectivity index (χ2n) is 6.34. The number of carbonyl (C=O) groups is 2. The first kappa shape index (κ1) is 19.8. The number of nitrogens with zero attached hydrogens (tertiary/aromatic N) is 2. The zero-order valence-corrected chi connectivity index (χ0v) is 16.6. The van der Waals surface area contributed by atoms with Gasteiger partial charge < -0.3 is 5.32 Å². The summed E-state index contributed by atoms with van der Waals surface area (Å²) in [5.74, 6) is -0.0516. The third-order valence-electron chi connectivity index (χ3n) is 4.13. The van der Waals surface area contributed by atoms with E-state index < -0.39 is 0 Å². The number of para-hydroxylation sites is 1. The highest BCUT2D eigenvalue weighted by Crippen LogP contribution is 2.20. The van der Waals surface area contributed by atoms with Crippen LogP contribution in [-0.4, -0.2) is 27.0 Å². The maximum absolute atomic E-state index is 12.8. The van der Waals surface area contributed by atoms with Crippen molar-refractivity contribution in [2.24, 2.45) is 0 Å². The number of amides is 1. The van der Waals surface area contributed by atoms with Gasteiger partial charge in [0.15, 0.2) is 10.9 Å². The van der Waals surface area contributed by atoms with Crippen LogP contribution in [0.5, 0.6) is 0 Å². The fraction of sp³-hybridized carbons (Fsp3) is 0.238. The van der Waals surface area contributed by atoms with E-state index in [4.69, 9.17) is 0 Å². The molecular weight excluding hydrogens is 374 g/mol. The van der Waals surface area contributed by atoms with Gasteiger partial charge in [0, 0.05) is 24.7 Å². The first-order valence-corrected chi connectivity index (χ1v) is 10.0. The van der Waals surface area contributed by atoms with Crippen molar-refractivity contribution >= 4 is 40.0 Å². The van der Waals surface area contributed by atoms with E-state index >= 15 is 0 Å². The molecule has 144 valence electrons. The maximum Gasteiger partial charge on any atom is 0.262 e. The molecule has 0 aliphatic rings. The number of carbonyl (C=O) groups excluding carboxylic acids is 2. The van der Waals surface area contributed by atoms with Gasteiger partial charge in [0.1, 0.15) is 0 Å². The summed E-state index contributed by atoms with van der Waals surface area (Å²) in [5.41, 5.74) is 1.74. The number of Topliss-reactive ketones (excluding diaryl/α,β-unsaturated/α-hetero) is 1. The van der Waals surface area contributed by atoms with Crippen molar-refractivity contribution in [2.75, 3.05) is 11.1 Å². The molecule has 1 heterocycles. The molecule has 2 aromatic carbocycles. The van der Waals surface area contributed by atoms with Gasteiger partial charge in [-0.3, -0.25) is 19.0 Å². The van der Waals surface area contributed by atoms with Crippen LogP contribution in [0.1, 0.15) is 30.6 Å². The average Bonchev–Trinajstić information content (AvgIpc) is 2.69. The summed E-state index contributed by atoms with van der Waals surface area (Å²) < 4.78 is 1.64. The SMILES string of the molecule is CCCn1c(SCC(=O)c2ccc(NC(C)=O)cc2)nc2ccccc2c1=O. The van der Waals surface area contributed by atoms with Gasteiger partial charge in [-0.15, -0.1) is 0 Å². The second-order valence-corrected chi connectivity index (χ2v) is 7.28. The molecule has 6 nitrogen and oxygen atoms in total. The number of anilines is 1. The monoisotopic (exact) mass is 395 g/mol. The van der Waals surface area contributed by atoms with E-state index in [0.717, 1.165) is 6.42 Å². The Bertz CT molecular complexity index is 1070. The van der Waals surface area contributed by atoms with Crippen molar-refractivity contribution in [3.63, 3.8) is 0 Å². The Morgan fingerprint density at radius 1 is 1.11 bits per heavy atom. The van der Waals surface area contributed by atoms with Crippen LogP contribution in [0.2, 0.25) is 0 Å². The molecule has 0 spiro atoms. The molecule has 0 atom stereocenters.